The lowest BCUT2D eigenvalue weighted by Crippen LogP contribution is -2.56. The molecule has 0 aliphatic heterocycles. The first-order chi connectivity index (χ1) is 3.71. The summed E-state index contributed by atoms with van der Waals surface area (Å²) in [5.74, 6) is 0.326. The first-order valence-electron chi connectivity index (χ1n) is 3.01. The molecular weight excluding hydrogens is 102 g/mol. The molecule has 0 spiro atoms. The van der Waals surface area contributed by atoms with Crippen LogP contribution in [0.15, 0.2) is 0 Å². The van der Waals surface area contributed by atoms with Crippen molar-refractivity contribution in [3.8, 4) is 0 Å². The zero-order valence-corrected chi connectivity index (χ0v) is 5.24. The van der Waals surface area contributed by atoms with Gasteiger partial charge >= 0.3 is 0 Å². The van der Waals surface area contributed by atoms with E-state index in [4.69, 9.17) is 0 Å². The van der Waals surface area contributed by atoms with E-state index < -0.39 is 0 Å². The summed E-state index contributed by atoms with van der Waals surface area (Å²) in [6, 6.07) is 0. The van der Waals surface area contributed by atoms with E-state index in [1.54, 1.807) is 6.92 Å². The van der Waals surface area contributed by atoms with Gasteiger partial charge in [-0.05, 0) is 19.8 Å². The molecule has 8 heavy (non-hydrogen) atoms. The second kappa shape index (κ2) is 1.55. The molecule has 1 aliphatic carbocycles. The second-order valence-corrected chi connectivity index (χ2v) is 2.59. The molecule has 0 unspecified atom stereocenters. The second-order valence-electron chi connectivity index (χ2n) is 2.59. The van der Waals surface area contributed by atoms with E-state index in [0.717, 1.165) is 19.4 Å². The van der Waals surface area contributed by atoms with Gasteiger partial charge in [-0.25, -0.2) is 0 Å². The van der Waals surface area contributed by atoms with Gasteiger partial charge in [-0.15, -0.1) is 0 Å². The number of carbonyl (C=O) groups is 1. The third-order valence-corrected chi connectivity index (χ3v) is 2.08. The summed E-state index contributed by atoms with van der Waals surface area (Å²) in [6.07, 6.45) is 2.15. The fourth-order valence-corrected chi connectivity index (χ4v) is 0.929. The third kappa shape index (κ3) is 0.650. The van der Waals surface area contributed by atoms with E-state index in [9.17, 15) is 4.79 Å². The maximum atomic E-state index is 10.7. The van der Waals surface area contributed by atoms with Gasteiger partial charge in [0.2, 0.25) is 0 Å². The quantitative estimate of drug-likeness (QED) is 0.521. The van der Waals surface area contributed by atoms with Crippen LogP contribution in [0.3, 0.4) is 0 Å². The lowest BCUT2D eigenvalue weighted by Gasteiger charge is -2.01. The number of ketones is 1. The molecule has 46 valence electrons. The molecule has 0 saturated heterocycles. The molecule has 2 heteroatoms. The Balaban J connectivity index is 2.53. The van der Waals surface area contributed by atoms with E-state index in [-0.39, 0.29) is 5.41 Å². The zero-order chi connectivity index (χ0) is 6.20. The molecule has 1 aliphatic rings. The van der Waals surface area contributed by atoms with Gasteiger partial charge in [-0.3, -0.25) is 4.79 Å². The largest absolute Gasteiger partial charge is 0.357 e. The molecule has 0 atom stereocenters. The Morgan fingerprint density at radius 2 is 2.25 bits per heavy atom. The molecule has 3 N–H and O–H groups in total. The number of rotatable bonds is 2. The lowest BCUT2D eigenvalue weighted by atomic mass is 10.0. The predicted molar refractivity (Wildman–Crippen MR) is 30.1 cm³/mol. The zero-order valence-electron chi connectivity index (χ0n) is 5.24. The first kappa shape index (κ1) is 5.76. The van der Waals surface area contributed by atoms with Gasteiger partial charge in [0.05, 0.1) is 12.0 Å². The Labute approximate surface area is 49.1 Å². The standard InChI is InChI=1S/C6H11NO/c1-5(8)6(4-7)2-3-6/h2-4,7H2,1H3/p+1. The smallest absolute Gasteiger partial charge is 0.141 e. The molecule has 0 radical (unpaired) electrons. The van der Waals surface area contributed by atoms with Crippen LogP contribution < -0.4 is 5.73 Å². The average molecular weight is 114 g/mol. The molecule has 0 aromatic carbocycles. The highest BCUT2D eigenvalue weighted by Crippen LogP contribution is 2.44. The van der Waals surface area contributed by atoms with Crippen LogP contribution in [0.25, 0.3) is 0 Å². The van der Waals surface area contributed by atoms with Gasteiger partial charge < -0.3 is 5.73 Å². The van der Waals surface area contributed by atoms with Crippen LogP contribution in [0.2, 0.25) is 0 Å². The van der Waals surface area contributed by atoms with Crippen LogP contribution >= 0.6 is 0 Å². The van der Waals surface area contributed by atoms with Gasteiger partial charge in [0.25, 0.3) is 0 Å². The van der Waals surface area contributed by atoms with Crippen molar-refractivity contribution in [3.63, 3.8) is 0 Å². The molecule has 2 nitrogen and oxygen atoms in total. The molecule has 0 amide bonds. The van der Waals surface area contributed by atoms with Crippen LogP contribution in [-0.2, 0) is 4.79 Å². The summed E-state index contributed by atoms with van der Waals surface area (Å²) in [5, 5.41) is 0. The highest BCUT2D eigenvalue weighted by Gasteiger charge is 2.47. The molecule has 0 aromatic rings. The van der Waals surface area contributed by atoms with Gasteiger partial charge in [-0.1, -0.05) is 0 Å². The molecular formula is C6H12NO+. The molecule has 0 aromatic heterocycles. The van der Waals surface area contributed by atoms with Gasteiger partial charge in [0, 0.05) is 0 Å². The van der Waals surface area contributed by atoms with Crippen LogP contribution in [-0.4, -0.2) is 12.3 Å². The summed E-state index contributed by atoms with van der Waals surface area (Å²) in [7, 11) is 0. The van der Waals surface area contributed by atoms with Gasteiger partial charge in [0.15, 0.2) is 0 Å². The first-order valence-corrected chi connectivity index (χ1v) is 3.01. The fraction of sp³-hybridized carbons (Fsp3) is 0.833. The van der Waals surface area contributed by atoms with Crippen molar-refractivity contribution in [2.24, 2.45) is 5.41 Å². The van der Waals surface area contributed by atoms with Crippen molar-refractivity contribution in [1.82, 2.24) is 0 Å². The molecule has 0 heterocycles. The Bertz CT molecular complexity index is 116. The van der Waals surface area contributed by atoms with E-state index in [2.05, 4.69) is 5.73 Å². The highest BCUT2D eigenvalue weighted by atomic mass is 16.1. The predicted octanol–water partition coefficient (Wildman–Crippen LogP) is -0.402. The Hall–Kier alpha value is -0.370. The van der Waals surface area contributed by atoms with Crippen molar-refractivity contribution < 1.29 is 10.5 Å². The van der Waals surface area contributed by atoms with Crippen molar-refractivity contribution >= 4 is 5.78 Å². The maximum Gasteiger partial charge on any atom is 0.141 e. The van der Waals surface area contributed by atoms with Crippen LogP contribution in [0, 0.1) is 5.41 Å². The number of hydrogen-bond donors (Lipinski definition) is 1. The lowest BCUT2D eigenvalue weighted by molar-refractivity contribution is -0.379. The van der Waals surface area contributed by atoms with Crippen LogP contribution in [0.5, 0.6) is 0 Å². The fourth-order valence-electron chi connectivity index (χ4n) is 0.929. The van der Waals surface area contributed by atoms with Crippen molar-refractivity contribution in [2.45, 2.75) is 19.8 Å². The summed E-state index contributed by atoms with van der Waals surface area (Å²) in [4.78, 5) is 10.7. The Kier molecular flexibility index (Phi) is 1.12. The van der Waals surface area contributed by atoms with Gasteiger partial charge in [0.1, 0.15) is 5.78 Å². The normalized spacial score (nSPS) is 22.8. The van der Waals surface area contributed by atoms with E-state index in [1.807, 2.05) is 0 Å². The van der Waals surface area contributed by atoms with Crippen molar-refractivity contribution in [2.75, 3.05) is 6.54 Å². The average Bonchev–Trinajstić information content (AvgIpc) is 2.44. The topological polar surface area (TPSA) is 44.7 Å². The van der Waals surface area contributed by atoms with Crippen molar-refractivity contribution in [1.29, 1.82) is 0 Å². The minimum Gasteiger partial charge on any atom is -0.357 e. The monoisotopic (exact) mass is 114 g/mol. The summed E-state index contributed by atoms with van der Waals surface area (Å²) < 4.78 is 0. The molecule has 1 rings (SSSR count). The number of quaternary nitrogens is 1. The van der Waals surface area contributed by atoms with E-state index in [1.165, 1.54) is 0 Å². The van der Waals surface area contributed by atoms with E-state index in [0.29, 0.717) is 5.78 Å². The summed E-state index contributed by atoms with van der Waals surface area (Å²) in [6.45, 7) is 2.46. The maximum absolute atomic E-state index is 10.7. The molecule has 0 bridgehead atoms. The molecule has 1 fully saturated rings. The number of carbonyl (C=O) groups excluding carboxylic acids is 1. The minimum atomic E-state index is 0.0417. The highest BCUT2D eigenvalue weighted by molar-refractivity contribution is 5.85. The third-order valence-electron chi connectivity index (χ3n) is 2.08. The number of hydrogen-bond acceptors (Lipinski definition) is 1. The van der Waals surface area contributed by atoms with E-state index >= 15 is 0 Å². The SMILES string of the molecule is CC(=O)C1(C[NH3+])CC1. The number of Topliss-reactive ketones (excluding diaryl/α,β-unsaturated/α-hetero) is 1. The van der Waals surface area contributed by atoms with Crippen LogP contribution in [0.1, 0.15) is 19.8 Å². The minimum absolute atomic E-state index is 0.0417. The summed E-state index contributed by atoms with van der Waals surface area (Å²) >= 11 is 0. The van der Waals surface area contributed by atoms with Crippen molar-refractivity contribution in [3.05, 3.63) is 0 Å². The Morgan fingerprint density at radius 3 is 2.25 bits per heavy atom. The van der Waals surface area contributed by atoms with Crippen LogP contribution in [0.4, 0.5) is 0 Å². The molecule has 1 saturated carbocycles. The van der Waals surface area contributed by atoms with Gasteiger partial charge in [-0.2, -0.15) is 0 Å². The Morgan fingerprint density at radius 1 is 1.75 bits per heavy atom. The summed E-state index contributed by atoms with van der Waals surface area (Å²) in [5.41, 5.74) is 3.76.